The maximum Gasteiger partial charge on any atom is 0.308 e. The van der Waals surface area contributed by atoms with E-state index in [0.717, 1.165) is 66.7 Å². The van der Waals surface area contributed by atoms with Crippen molar-refractivity contribution in [3.63, 3.8) is 0 Å². The quantitative estimate of drug-likeness (QED) is 0.149. The fourth-order valence-corrected chi connectivity index (χ4v) is 7.70. The number of nitrogens with zero attached hydrogens (tertiary/aromatic N) is 3. The van der Waals surface area contributed by atoms with Gasteiger partial charge >= 0.3 is 5.97 Å². The Morgan fingerprint density at radius 1 is 0.824 bits per heavy atom. The summed E-state index contributed by atoms with van der Waals surface area (Å²) < 4.78 is 5.91. The van der Waals surface area contributed by atoms with Crippen LogP contribution in [0.25, 0.3) is 22.5 Å². The van der Waals surface area contributed by atoms with E-state index in [2.05, 4.69) is 37.7 Å². The summed E-state index contributed by atoms with van der Waals surface area (Å²) in [6, 6.07) is 15.9. The molecule has 5 rings (SSSR count). The molecule has 0 radical (unpaired) electrons. The van der Waals surface area contributed by atoms with Gasteiger partial charge in [0, 0.05) is 54.9 Å². The van der Waals surface area contributed by atoms with Crippen LogP contribution in [-0.2, 0) is 20.8 Å². The Labute approximate surface area is 304 Å². The number of Topliss-reactive ketones (excluding diaryl/α,β-unsaturated/α-hetero) is 1. The number of carbonyl (C=O) groups is 3. The molecule has 0 bridgehead atoms. The first kappa shape index (κ1) is 38.2. The largest absolute Gasteiger partial charge is 0.494 e. The van der Waals surface area contributed by atoms with Gasteiger partial charge in [0.1, 0.15) is 11.5 Å². The topological polar surface area (TPSA) is 110 Å². The van der Waals surface area contributed by atoms with Crippen molar-refractivity contribution in [2.45, 2.75) is 105 Å². The van der Waals surface area contributed by atoms with Crippen molar-refractivity contribution >= 4 is 17.7 Å². The molecule has 1 amide bonds. The van der Waals surface area contributed by atoms with Crippen molar-refractivity contribution in [1.29, 1.82) is 0 Å². The molecule has 274 valence electrons. The lowest BCUT2D eigenvalue weighted by Gasteiger charge is -2.36. The summed E-state index contributed by atoms with van der Waals surface area (Å²) in [5.41, 5.74) is 4.00. The first-order valence-corrected chi connectivity index (χ1v) is 19.2. The fourth-order valence-electron chi connectivity index (χ4n) is 7.70. The lowest BCUT2D eigenvalue weighted by molar-refractivity contribution is -0.142. The molecule has 2 aromatic carbocycles. The van der Waals surface area contributed by atoms with Gasteiger partial charge in [0.15, 0.2) is 5.82 Å². The van der Waals surface area contributed by atoms with Gasteiger partial charge < -0.3 is 14.7 Å². The molecule has 0 unspecified atom stereocenters. The van der Waals surface area contributed by atoms with Crippen molar-refractivity contribution in [3.05, 3.63) is 66.5 Å². The van der Waals surface area contributed by atoms with Crippen molar-refractivity contribution in [2.75, 3.05) is 19.7 Å². The maximum absolute atomic E-state index is 13.8. The zero-order valence-corrected chi connectivity index (χ0v) is 31.1. The molecule has 8 heteroatoms. The van der Waals surface area contributed by atoms with Crippen LogP contribution >= 0.6 is 0 Å². The number of carboxylic acid groups (broad SMARTS) is 1. The van der Waals surface area contributed by atoms with Crippen LogP contribution in [0.5, 0.6) is 5.75 Å². The van der Waals surface area contributed by atoms with E-state index in [1.807, 2.05) is 60.9 Å². The molecular formula is C43H57N3O5. The lowest BCUT2D eigenvalue weighted by atomic mass is 9.68. The van der Waals surface area contributed by atoms with Crippen molar-refractivity contribution < 1.29 is 24.2 Å². The van der Waals surface area contributed by atoms with Crippen LogP contribution in [0.2, 0.25) is 0 Å². The summed E-state index contributed by atoms with van der Waals surface area (Å²) >= 11 is 0. The molecule has 2 heterocycles. The van der Waals surface area contributed by atoms with E-state index in [1.165, 1.54) is 25.7 Å². The number of hydrogen-bond donors (Lipinski definition) is 1. The number of carboxylic acids is 1. The molecule has 2 fully saturated rings. The van der Waals surface area contributed by atoms with Crippen LogP contribution in [0.1, 0.15) is 104 Å². The summed E-state index contributed by atoms with van der Waals surface area (Å²) in [5, 5.41) is 9.53. The number of likely N-dealkylation sites (tertiary alicyclic amines) is 1. The fraction of sp³-hybridized carbons (Fsp3) is 0.558. The van der Waals surface area contributed by atoms with E-state index >= 15 is 0 Å². The van der Waals surface area contributed by atoms with E-state index in [4.69, 9.17) is 4.74 Å². The number of rotatable bonds is 16. The summed E-state index contributed by atoms with van der Waals surface area (Å²) in [6.45, 7) is 10.4. The standard InChI is InChI=1S/C43H57N3O5/c1-5-6-7-8-9-24-51-38-20-16-31(17-21-38)36-27-44-40(45-28-36)33-12-10-30(11-13-33)25-35(41(48)46-23-22-34(29-46)42(49)50)26-39(47)32-14-18-37(19-15-32)43(2,3)4/h10-13,16-17,20-21,27-28,32,34-35,37H,5-9,14-15,18-19,22-26,29H2,1-4H3,(H,49,50)/t32?,34-,35+,37?/m0/s1. The number of ether oxygens (including phenoxy) is 1. The van der Waals surface area contributed by atoms with Gasteiger partial charge in [-0.15, -0.1) is 0 Å². The van der Waals surface area contributed by atoms with Crippen molar-refractivity contribution in [1.82, 2.24) is 14.9 Å². The number of benzene rings is 2. The second kappa shape index (κ2) is 17.9. The Hall–Kier alpha value is -4.07. The van der Waals surface area contributed by atoms with Gasteiger partial charge in [-0.1, -0.05) is 89.8 Å². The molecule has 3 aromatic rings. The summed E-state index contributed by atoms with van der Waals surface area (Å²) in [5.74, 6) is 0.193. The Kier molecular flexibility index (Phi) is 13.4. The highest BCUT2D eigenvalue weighted by atomic mass is 16.5. The molecule has 1 saturated heterocycles. The third kappa shape index (κ3) is 10.7. The van der Waals surface area contributed by atoms with Gasteiger partial charge in [0.25, 0.3) is 0 Å². The average Bonchev–Trinajstić information content (AvgIpc) is 3.64. The smallest absolute Gasteiger partial charge is 0.308 e. The third-order valence-corrected chi connectivity index (χ3v) is 11.1. The van der Waals surface area contributed by atoms with E-state index < -0.39 is 17.8 Å². The summed E-state index contributed by atoms with van der Waals surface area (Å²) in [4.78, 5) is 50.0. The molecule has 2 aliphatic rings. The van der Waals surface area contributed by atoms with Gasteiger partial charge in [-0.05, 0) is 79.5 Å². The number of aromatic nitrogens is 2. The van der Waals surface area contributed by atoms with E-state index in [9.17, 15) is 19.5 Å². The Morgan fingerprint density at radius 3 is 2.08 bits per heavy atom. The Morgan fingerprint density at radius 2 is 1.47 bits per heavy atom. The number of hydrogen-bond acceptors (Lipinski definition) is 6. The van der Waals surface area contributed by atoms with Crippen molar-refractivity contribution in [3.8, 4) is 28.3 Å². The van der Waals surface area contributed by atoms with Crippen molar-refractivity contribution in [2.24, 2.45) is 29.1 Å². The Bertz CT molecular complexity index is 1570. The first-order valence-electron chi connectivity index (χ1n) is 19.2. The molecule has 1 N–H and O–H groups in total. The minimum Gasteiger partial charge on any atom is -0.494 e. The van der Waals surface area contributed by atoms with Crippen LogP contribution in [0.3, 0.4) is 0 Å². The van der Waals surface area contributed by atoms with E-state index in [0.29, 0.717) is 31.1 Å². The number of carbonyl (C=O) groups excluding carboxylic acids is 2. The Balaban J connectivity index is 1.20. The molecule has 51 heavy (non-hydrogen) atoms. The van der Waals surface area contributed by atoms with Crippen LogP contribution in [0.15, 0.2) is 60.9 Å². The second-order valence-corrected chi connectivity index (χ2v) is 15.9. The van der Waals surface area contributed by atoms with Gasteiger partial charge in [0.2, 0.25) is 5.91 Å². The molecule has 1 aliphatic heterocycles. The highest BCUT2D eigenvalue weighted by Gasteiger charge is 2.37. The molecule has 1 saturated carbocycles. The highest BCUT2D eigenvalue weighted by molar-refractivity contribution is 5.89. The first-order chi connectivity index (χ1) is 24.5. The van der Waals surface area contributed by atoms with Crippen LogP contribution < -0.4 is 4.74 Å². The normalized spacial score (nSPS) is 19.8. The van der Waals surface area contributed by atoms with E-state index in [-0.39, 0.29) is 36.0 Å². The molecule has 0 spiro atoms. The highest BCUT2D eigenvalue weighted by Crippen LogP contribution is 2.41. The number of aliphatic carboxylic acids is 1. The van der Waals surface area contributed by atoms with Gasteiger partial charge in [-0.25, -0.2) is 9.97 Å². The van der Waals surface area contributed by atoms with Crippen LogP contribution in [-0.4, -0.2) is 57.3 Å². The molecule has 1 aromatic heterocycles. The zero-order valence-electron chi connectivity index (χ0n) is 31.1. The molecule has 2 atom stereocenters. The monoisotopic (exact) mass is 695 g/mol. The summed E-state index contributed by atoms with van der Waals surface area (Å²) in [7, 11) is 0. The maximum atomic E-state index is 13.8. The number of unbranched alkanes of at least 4 members (excludes halogenated alkanes) is 4. The van der Waals surface area contributed by atoms with Crippen LogP contribution in [0, 0.1) is 29.1 Å². The summed E-state index contributed by atoms with van der Waals surface area (Å²) in [6.07, 6.45) is 14.6. The third-order valence-electron chi connectivity index (χ3n) is 11.1. The SMILES string of the molecule is CCCCCCCOc1ccc(-c2cnc(-c3ccc(C[C@H](CC(=O)C4CCC(C(C)(C)C)CC4)C(=O)N4CC[C@H](C(=O)O)C4)cc3)nc2)cc1. The lowest BCUT2D eigenvalue weighted by Crippen LogP contribution is -2.38. The molecule has 8 nitrogen and oxygen atoms in total. The molecule has 1 aliphatic carbocycles. The minimum absolute atomic E-state index is 0.0110. The molecular weight excluding hydrogens is 638 g/mol. The van der Waals surface area contributed by atoms with Gasteiger partial charge in [-0.2, -0.15) is 0 Å². The van der Waals surface area contributed by atoms with Crippen LogP contribution in [0.4, 0.5) is 0 Å². The average molecular weight is 696 g/mol. The number of ketones is 1. The van der Waals surface area contributed by atoms with Gasteiger partial charge in [0.05, 0.1) is 12.5 Å². The van der Waals surface area contributed by atoms with Gasteiger partial charge in [-0.3, -0.25) is 14.4 Å². The number of amides is 1. The minimum atomic E-state index is -0.870. The predicted octanol–water partition coefficient (Wildman–Crippen LogP) is 9.06. The zero-order chi connectivity index (χ0) is 36.4. The predicted molar refractivity (Wildman–Crippen MR) is 201 cm³/mol. The van der Waals surface area contributed by atoms with E-state index in [1.54, 1.807) is 4.90 Å². The second-order valence-electron chi connectivity index (χ2n) is 15.9.